The zero-order valence-corrected chi connectivity index (χ0v) is 11.7. The number of aromatic nitrogens is 2. The molecule has 0 amide bonds. The summed E-state index contributed by atoms with van der Waals surface area (Å²) in [4.78, 5) is 15.7. The molecule has 2 rings (SSSR count). The fourth-order valence-electron chi connectivity index (χ4n) is 1.85. The molecule has 7 heteroatoms. The molecule has 0 aliphatic carbocycles. The van der Waals surface area contributed by atoms with Gasteiger partial charge < -0.3 is 15.2 Å². The van der Waals surface area contributed by atoms with E-state index >= 15 is 0 Å². The molecule has 0 aliphatic rings. The van der Waals surface area contributed by atoms with Gasteiger partial charge in [0.2, 0.25) is 0 Å². The Bertz CT molecular complexity index is 715. The Labute approximate surface area is 121 Å². The third kappa shape index (κ3) is 2.65. The minimum absolute atomic E-state index is 0.0447. The van der Waals surface area contributed by atoms with E-state index in [2.05, 4.69) is 4.98 Å². The second-order valence-corrected chi connectivity index (χ2v) is 4.07. The monoisotopic (exact) mass is 286 g/mol. The molecule has 0 radical (unpaired) electrons. The topological polar surface area (TPSA) is 103 Å². The van der Waals surface area contributed by atoms with Crippen LogP contribution in [0, 0.1) is 11.3 Å². The first-order chi connectivity index (χ1) is 10.1. The van der Waals surface area contributed by atoms with Gasteiger partial charge in [0, 0.05) is 6.07 Å². The van der Waals surface area contributed by atoms with Crippen LogP contribution in [0.15, 0.2) is 24.5 Å². The molecular formula is C14H14N4O3. The lowest BCUT2D eigenvalue weighted by atomic mass is 10.2. The van der Waals surface area contributed by atoms with Crippen molar-refractivity contribution in [3.63, 3.8) is 0 Å². The van der Waals surface area contributed by atoms with Crippen LogP contribution in [0.25, 0.3) is 5.69 Å². The van der Waals surface area contributed by atoms with E-state index in [1.54, 1.807) is 25.1 Å². The molecule has 0 bridgehead atoms. The molecule has 0 atom stereocenters. The average molecular weight is 286 g/mol. The number of esters is 1. The van der Waals surface area contributed by atoms with Gasteiger partial charge in [0.05, 0.1) is 31.0 Å². The van der Waals surface area contributed by atoms with Crippen LogP contribution in [0.3, 0.4) is 0 Å². The van der Waals surface area contributed by atoms with Crippen LogP contribution < -0.4 is 10.5 Å². The fourth-order valence-corrected chi connectivity index (χ4v) is 1.85. The van der Waals surface area contributed by atoms with Crippen molar-refractivity contribution in [3.05, 3.63) is 35.8 Å². The Morgan fingerprint density at radius 1 is 1.52 bits per heavy atom. The predicted molar refractivity (Wildman–Crippen MR) is 75.2 cm³/mol. The van der Waals surface area contributed by atoms with Crippen molar-refractivity contribution in [3.8, 4) is 17.5 Å². The molecule has 0 saturated heterocycles. The lowest BCUT2D eigenvalue weighted by Gasteiger charge is -2.11. The van der Waals surface area contributed by atoms with Crippen molar-refractivity contribution in [1.29, 1.82) is 5.26 Å². The van der Waals surface area contributed by atoms with Crippen LogP contribution in [0.4, 0.5) is 5.82 Å². The first-order valence-corrected chi connectivity index (χ1v) is 6.20. The maximum atomic E-state index is 11.7. The molecular weight excluding hydrogens is 272 g/mol. The molecule has 2 aromatic rings. The van der Waals surface area contributed by atoms with Crippen LogP contribution >= 0.6 is 0 Å². The SMILES string of the molecule is CCOC(=O)c1ncn(-c2ccc(C#N)cc2OC)c1N. The van der Waals surface area contributed by atoms with E-state index in [4.69, 9.17) is 20.5 Å². The number of imidazole rings is 1. The van der Waals surface area contributed by atoms with Crippen molar-refractivity contribution in [2.24, 2.45) is 0 Å². The normalized spacial score (nSPS) is 9.95. The number of hydrogen-bond donors (Lipinski definition) is 1. The maximum absolute atomic E-state index is 11.7. The van der Waals surface area contributed by atoms with Gasteiger partial charge in [-0.3, -0.25) is 4.57 Å². The van der Waals surface area contributed by atoms with E-state index < -0.39 is 5.97 Å². The van der Waals surface area contributed by atoms with Gasteiger partial charge in [0.15, 0.2) is 5.69 Å². The van der Waals surface area contributed by atoms with Crippen molar-refractivity contribution in [2.75, 3.05) is 19.5 Å². The number of ether oxygens (including phenoxy) is 2. The lowest BCUT2D eigenvalue weighted by Crippen LogP contribution is -2.09. The third-order valence-electron chi connectivity index (χ3n) is 2.84. The Morgan fingerprint density at radius 2 is 2.29 bits per heavy atom. The molecule has 0 fully saturated rings. The number of rotatable bonds is 4. The van der Waals surface area contributed by atoms with Gasteiger partial charge in [-0.25, -0.2) is 9.78 Å². The molecule has 0 spiro atoms. The highest BCUT2D eigenvalue weighted by molar-refractivity contribution is 5.92. The second-order valence-electron chi connectivity index (χ2n) is 4.07. The summed E-state index contributed by atoms with van der Waals surface area (Å²) in [5.41, 5.74) is 7.02. The molecule has 1 aromatic carbocycles. The molecule has 7 nitrogen and oxygen atoms in total. The molecule has 21 heavy (non-hydrogen) atoms. The fraction of sp³-hybridized carbons (Fsp3) is 0.214. The number of carbonyl (C=O) groups excluding carboxylic acids is 1. The zero-order valence-electron chi connectivity index (χ0n) is 11.7. The zero-order chi connectivity index (χ0) is 15.4. The van der Waals surface area contributed by atoms with E-state index in [9.17, 15) is 4.79 Å². The first-order valence-electron chi connectivity index (χ1n) is 6.20. The number of methoxy groups -OCH3 is 1. The van der Waals surface area contributed by atoms with E-state index in [0.29, 0.717) is 17.0 Å². The first kappa shape index (κ1) is 14.4. The number of hydrogen-bond acceptors (Lipinski definition) is 6. The number of nitrogen functional groups attached to an aromatic ring is 1. The number of anilines is 1. The van der Waals surface area contributed by atoms with E-state index in [0.717, 1.165) is 0 Å². The van der Waals surface area contributed by atoms with E-state index in [1.165, 1.54) is 18.0 Å². The molecule has 108 valence electrons. The summed E-state index contributed by atoms with van der Waals surface area (Å²) in [6.45, 7) is 1.94. The van der Waals surface area contributed by atoms with Gasteiger partial charge in [0.25, 0.3) is 0 Å². The Hall–Kier alpha value is -3.01. The molecule has 1 aromatic heterocycles. The highest BCUT2D eigenvalue weighted by atomic mass is 16.5. The van der Waals surface area contributed by atoms with Crippen molar-refractivity contribution in [2.45, 2.75) is 6.92 Å². The summed E-state index contributed by atoms with van der Waals surface area (Å²) in [6, 6.07) is 6.90. The number of nitriles is 1. The number of carbonyl (C=O) groups is 1. The largest absolute Gasteiger partial charge is 0.495 e. The maximum Gasteiger partial charge on any atom is 0.360 e. The smallest absolute Gasteiger partial charge is 0.360 e. The van der Waals surface area contributed by atoms with E-state index in [1.807, 2.05) is 6.07 Å². The van der Waals surface area contributed by atoms with Gasteiger partial charge in [-0.1, -0.05) is 0 Å². The lowest BCUT2D eigenvalue weighted by molar-refractivity contribution is 0.0521. The molecule has 0 aliphatic heterocycles. The minimum atomic E-state index is -0.582. The van der Waals surface area contributed by atoms with Gasteiger partial charge in [-0.05, 0) is 19.1 Å². The highest BCUT2D eigenvalue weighted by Crippen LogP contribution is 2.27. The third-order valence-corrected chi connectivity index (χ3v) is 2.84. The van der Waals surface area contributed by atoms with Crippen LogP contribution in [0.2, 0.25) is 0 Å². The molecule has 1 heterocycles. The van der Waals surface area contributed by atoms with Gasteiger partial charge in [-0.2, -0.15) is 5.26 Å². The summed E-state index contributed by atoms with van der Waals surface area (Å²) < 4.78 is 11.6. The van der Waals surface area contributed by atoms with E-state index in [-0.39, 0.29) is 18.1 Å². The Morgan fingerprint density at radius 3 is 2.90 bits per heavy atom. The van der Waals surface area contributed by atoms with Gasteiger partial charge in [0.1, 0.15) is 17.9 Å². The van der Waals surface area contributed by atoms with Gasteiger partial charge >= 0.3 is 5.97 Å². The van der Waals surface area contributed by atoms with Crippen molar-refractivity contribution < 1.29 is 14.3 Å². The minimum Gasteiger partial charge on any atom is -0.495 e. The van der Waals surface area contributed by atoms with Gasteiger partial charge in [-0.15, -0.1) is 0 Å². The summed E-state index contributed by atoms with van der Waals surface area (Å²) in [5.74, 6) is 0.0198. The standard InChI is InChI=1S/C14H14N4O3/c1-3-21-14(19)12-13(16)18(8-17-12)10-5-4-9(7-15)6-11(10)20-2/h4-6,8H,3,16H2,1-2H3. The molecule has 2 N–H and O–H groups in total. The van der Waals surface area contributed by atoms with Crippen molar-refractivity contribution >= 4 is 11.8 Å². The summed E-state index contributed by atoms with van der Waals surface area (Å²) in [5, 5.41) is 8.90. The Kier molecular flexibility index (Phi) is 4.09. The molecule has 0 unspecified atom stereocenters. The predicted octanol–water partition coefficient (Wildman–Crippen LogP) is 1.51. The van der Waals surface area contributed by atoms with Crippen LogP contribution in [0.5, 0.6) is 5.75 Å². The number of nitrogens with two attached hydrogens (primary N) is 1. The van der Waals surface area contributed by atoms with Crippen LogP contribution in [0.1, 0.15) is 23.0 Å². The summed E-state index contributed by atoms with van der Waals surface area (Å²) in [6.07, 6.45) is 1.41. The average Bonchev–Trinajstić information content (AvgIpc) is 2.88. The number of benzene rings is 1. The summed E-state index contributed by atoms with van der Waals surface area (Å²) in [7, 11) is 1.49. The Balaban J connectivity index is 2.49. The second kappa shape index (κ2) is 5.96. The molecule has 0 saturated carbocycles. The van der Waals surface area contributed by atoms with Crippen LogP contribution in [-0.4, -0.2) is 29.2 Å². The summed E-state index contributed by atoms with van der Waals surface area (Å²) >= 11 is 0. The number of nitrogens with zero attached hydrogens (tertiary/aromatic N) is 3. The van der Waals surface area contributed by atoms with Crippen LogP contribution in [-0.2, 0) is 4.74 Å². The highest BCUT2D eigenvalue weighted by Gasteiger charge is 2.19. The quantitative estimate of drug-likeness (QED) is 0.854. The van der Waals surface area contributed by atoms with Crippen molar-refractivity contribution in [1.82, 2.24) is 9.55 Å².